The Kier molecular flexibility index (Phi) is 5.78. The third kappa shape index (κ3) is 4.09. The lowest BCUT2D eigenvalue weighted by molar-refractivity contribution is -0.298. The molecule has 126 valence electrons. The second-order valence-corrected chi connectivity index (χ2v) is 5.16. The largest absolute Gasteiger partial charge is 0.493 e. The molecule has 7 heteroatoms. The van der Waals surface area contributed by atoms with Gasteiger partial charge in [0.2, 0.25) is 0 Å². The molecule has 0 heterocycles. The summed E-state index contributed by atoms with van der Waals surface area (Å²) in [6, 6.07) is 6.11. The quantitative estimate of drug-likeness (QED) is 0.662. The zero-order chi connectivity index (χ0) is 17.0. The SMILES string of the molecule is CCCOc1ccccc1C(C)(CC(F)(F)C(F)(F)F)OC. The van der Waals surface area contributed by atoms with Crippen molar-refractivity contribution in [3.63, 3.8) is 0 Å². The summed E-state index contributed by atoms with van der Waals surface area (Å²) >= 11 is 0. The molecule has 0 saturated carbocycles. The Labute approximate surface area is 126 Å². The van der Waals surface area contributed by atoms with Crippen LogP contribution < -0.4 is 4.74 Å². The minimum absolute atomic E-state index is 0.162. The highest BCUT2D eigenvalue weighted by Gasteiger charge is 2.60. The van der Waals surface area contributed by atoms with Gasteiger partial charge in [0.05, 0.1) is 18.6 Å². The second-order valence-electron chi connectivity index (χ2n) is 5.16. The highest BCUT2D eigenvalue weighted by Crippen LogP contribution is 2.46. The van der Waals surface area contributed by atoms with Crippen LogP contribution in [0.5, 0.6) is 5.75 Å². The van der Waals surface area contributed by atoms with Gasteiger partial charge in [-0.2, -0.15) is 22.0 Å². The van der Waals surface area contributed by atoms with Crippen LogP contribution >= 0.6 is 0 Å². The summed E-state index contributed by atoms with van der Waals surface area (Å²) < 4.78 is 74.8. The van der Waals surface area contributed by atoms with Gasteiger partial charge in [-0.15, -0.1) is 0 Å². The highest BCUT2D eigenvalue weighted by atomic mass is 19.4. The van der Waals surface area contributed by atoms with Crippen LogP contribution in [0.25, 0.3) is 0 Å². The number of benzene rings is 1. The molecule has 1 unspecified atom stereocenters. The number of alkyl halides is 5. The van der Waals surface area contributed by atoms with Gasteiger partial charge in [-0.3, -0.25) is 0 Å². The van der Waals surface area contributed by atoms with Crippen molar-refractivity contribution in [3.05, 3.63) is 29.8 Å². The standard InChI is InChI=1S/C15H19F5O2/c1-4-9-22-12-8-6-5-7-11(12)13(2,21-3)10-14(16,17)15(18,19)20/h5-8H,4,9-10H2,1-3H3. The van der Waals surface area contributed by atoms with E-state index in [9.17, 15) is 22.0 Å². The Hall–Kier alpha value is -1.37. The smallest absolute Gasteiger partial charge is 0.453 e. The molecule has 0 fully saturated rings. The van der Waals surface area contributed by atoms with Crippen molar-refractivity contribution in [2.45, 2.75) is 44.4 Å². The maximum absolute atomic E-state index is 13.4. The van der Waals surface area contributed by atoms with Gasteiger partial charge in [0.1, 0.15) is 5.75 Å². The van der Waals surface area contributed by atoms with Crippen LogP contribution in [-0.2, 0) is 10.3 Å². The Morgan fingerprint density at radius 1 is 1.05 bits per heavy atom. The van der Waals surface area contributed by atoms with Crippen LogP contribution in [-0.4, -0.2) is 25.8 Å². The van der Waals surface area contributed by atoms with Gasteiger partial charge in [-0.25, -0.2) is 0 Å². The van der Waals surface area contributed by atoms with Crippen molar-refractivity contribution in [2.24, 2.45) is 0 Å². The van der Waals surface area contributed by atoms with Crippen LogP contribution in [0.1, 0.15) is 32.3 Å². The summed E-state index contributed by atoms with van der Waals surface area (Å²) in [5.41, 5.74) is -1.67. The van der Waals surface area contributed by atoms with E-state index in [4.69, 9.17) is 9.47 Å². The van der Waals surface area contributed by atoms with Gasteiger partial charge >= 0.3 is 12.1 Å². The Morgan fingerprint density at radius 2 is 1.64 bits per heavy atom. The molecular weight excluding hydrogens is 307 g/mol. The molecule has 0 aromatic heterocycles. The number of hydrogen-bond acceptors (Lipinski definition) is 2. The first-order chi connectivity index (χ1) is 10.1. The summed E-state index contributed by atoms with van der Waals surface area (Å²) in [4.78, 5) is 0. The predicted molar refractivity (Wildman–Crippen MR) is 72.2 cm³/mol. The molecule has 0 aliphatic heterocycles. The molecule has 2 nitrogen and oxygen atoms in total. The van der Waals surface area contributed by atoms with Crippen molar-refractivity contribution >= 4 is 0 Å². The topological polar surface area (TPSA) is 18.5 Å². The van der Waals surface area contributed by atoms with E-state index in [1.165, 1.54) is 25.1 Å². The number of ether oxygens (including phenoxy) is 2. The molecular formula is C15H19F5O2. The molecule has 1 atom stereocenters. The first-order valence-corrected chi connectivity index (χ1v) is 6.79. The lowest BCUT2D eigenvalue weighted by Crippen LogP contribution is -2.43. The number of hydrogen-bond donors (Lipinski definition) is 0. The third-order valence-electron chi connectivity index (χ3n) is 3.34. The van der Waals surface area contributed by atoms with Crippen LogP contribution in [0, 0.1) is 0 Å². The maximum atomic E-state index is 13.4. The maximum Gasteiger partial charge on any atom is 0.453 e. The molecule has 1 rings (SSSR count). The molecule has 22 heavy (non-hydrogen) atoms. The van der Waals surface area contributed by atoms with E-state index in [0.717, 1.165) is 7.11 Å². The van der Waals surface area contributed by atoms with Crippen LogP contribution in [0.15, 0.2) is 24.3 Å². The highest BCUT2D eigenvalue weighted by molar-refractivity contribution is 5.38. The average Bonchev–Trinajstić information content (AvgIpc) is 2.43. The lowest BCUT2D eigenvalue weighted by Gasteiger charge is -2.34. The van der Waals surface area contributed by atoms with Gasteiger partial charge in [0.25, 0.3) is 0 Å². The molecule has 1 aromatic carbocycles. The number of para-hydroxylation sites is 1. The van der Waals surface area contributed by atoms with E-state index in [0.29, 0.717) is 13.0 Å². The van der Waals surface area contributed by atoms with Gasteiger partial charge in [0, 0.05) is 12.7 Å². The van der Waals surface area contributed by atoms with Gasteiger partial charge in [-0.05, 0) is 19.4 Å². The first-order valence-electron chi connectivity index (χ1n) is 6.79. The first kappa shape index (κ1) is 18.7. The number of rotatable bonds is 7. The summed E-state index contributed by atoms with van der Waals surface area (Å²) in [5.74, 6) is -4.62. The van der Waals surface area contributed by atoms with E-state index < -0.39 is 24.1 Å². The fourth-order valence-electron chi connectivity index (χ4n) is 2.04. The summed E-state index contributed by atoms with van der Waals surface area (Å²) in [6.07, 6.45) is -6.48. The monoisotopic (exact) mass is 326 g/mol. The molecule has 0 radical (unpaired) electrons. The number of methoxy groups -OCH3 is 1. The van der Waals surface area contributed by atoms with Gasteiger partial charge < -0.3 is 9.47 Å². The minimum atomic E-state index is -5.63. The minimum Gasteiger partial charge on any atom is -0.493 e. The van der Waals surface area contributed by atoms with Crippen molar-refractivity contribution < 1.29 is 31.4 Å². The molecule has 1 aromatic rings. The van der Waals surface area contributed by atoms with E-state index in [1.807, 2.05) is 6.92 Å². The molecule has 0 aliphatic rings. The summed E-state index contributed by atoms with van der Waals surface area (Å²) in [5, 5.41) is 0. The third-order valence-corrected chi connectivity index (χ3v) is 3.34. The van der Waals surface area contributed by atoms with E-state index in [-0.39, 0.29) is 11.3 Å². The molecule has 0 saturated heterocycles. The predicted octanol–water partition coefficient (Wildman–Crippen LogP) is 4.92. The fraction of sp³-hybridized carbons (Fsp3) is 0.600. The van der Waals surface area contributed by atoms with Crippen LogP contribution in [0.4, 0.5) is 22.0 Å². The number of halogens is 5. The van der Waals surface area contributed by atoms with Crippen molar-refractivity contribution in [1.82, 2.24) is 0 Å². The zero-order valence-corrected chi connectivity index (χ0v) is 12.6. The van der Waals surface area contributed by atoms with Gasteiger partial charge in [-0.1, -0.05) is 25.1 Å². The van der Waals surface area contributed by atoms with Crippen molar-refractivity contribution in [1.29, 1.82) is 0 Å². The van der Waals surface area contributed by atoms with Gasteiger partial charge in [0.15, 0.2) is 0 Å². The molecule has 0 bridgehead atoms. The Morgan fingerprint density at radius 3 is 2.14 bits per heavy atom. The second kappa shape index (κ2) is 6.81. The molecule has 0 spiro atoms. The van der Waals surface area contributed by atoms with Crippen LogP contribution in [0.3, 0.4) is 0 Å². The van der Waals surface area contributed by atoms with E-state index >= 15 is 0 Å². The molecule has 0 amide bonds. The Balaban J connectivity index is 3.19. The van der Waals surface area contributed by atoms with Crippen molar-refractivity contribution in [2.75, 3.05) is 13.7 Å². The zero-order valence-electron chi connectivity index (χ0n) is 12.6. The summed E-state index contributed by atoms with van der Waals surface area (Å²) in [7, 11) is 1.10. The summed E-state index contributed by atoms with van der Waals surface area (Å²) in [6.45, 7) is 3.38. The lowest BCUT2D eigenvalue weighted by atomic mass is 9.88. The van der Waals surface area contributed by atoms with Crippen molar-refractivity contribution in [3.8, 4) is 5.75 Å². The normalized spacial score (nSPS) is 15.5. The van der Waals surface area contributed by atoms with E-state index in [1.54, 1.807) is 6.07 Å². The van der Waals surface area contributed by atoms with Crippen LogP contribution in [0.2, 0.25) is 0 Å². The molecule has 0 aliphatic carbocycles. The fourth-order valence-corrected chi connectivity index (χ4v) is 2.04. The van der Waals surface area contributed by atoms with E-state index in [2.05, 4.69) is 0 Å². The molecule has 0 N–H and O–H groups in total. The Bertz CT molecular complexity index is 487. The average molecular weight is 326 g/mol.